The molecular formula is C34H34F3N3O4. The number of Topliss-reactive ketones (excluding diaryl/α,β-unsaturated/α-hetero) is 1. The number of hydrogen-bond donors (Lipinski definition) is 0. The molecule has 0 aliphatic carbocycles. The Labute approximate surface area is 254 Å². The zero-order chi connectivity index (χ0) is 32.0. The fraction of sp³-hybridized carbons (Fsp3) is 0.294. The lowest BCUT2D eigenvalue weighted by Gasteiger charge is -2.47. The minimum atomic E-state index is -5.29. The van der Waals surface area contributed by atoms with Gasteiger partial charge in [-0.1, -0.05) is 105 Å². The van der Waals surface area contributed by atoms with Crippen molar-refractivity contribution in [3.05, 3.63) is 114 Å². The van der Waals surface area contributed by atoms with E-state index in [1.807, 2.05) is 30.3 Å². The number of halogens is 3. The van der Waals surface area contributed by atoms with Gasteiger partial charge in [0.1, 0.15) is 12.1 Å². The first-order valence-electron chi connectivity index (χ1n) is 14.3. The highest BCUT2D eigenvalue weighted by Gasteiger charge is 2.51. The summed E-state index contributed by atoms with van der Waals surface area (Å²) in [6.07, 6.45) is -3.90. The molecule has 2 atom stereocenters. The molecule has 2 unspecified atom stereocenters. The summed E-state index contributed by atoms with van der Waals surface area (Å²) < 4.78 is 42.1. The van der Waals surface area contributed by atoms with E-state index in [4.69, 9.17) is 0 Å². The van der Waals surface area contributed by atoms with Crippen LogP contribution in [-0.4, -0.2) is 56.7 Å². The highest BCUT2D eigenvalue weighted by molar-refractivity contribution is 6.00. The lowest BCUT2D eigenvalue weighted by Crippen LogP contribution is -2.64. The highest BCUT2D eigenvalue weighted by atomic mass is 19.4. The van der Waals surface area contributed by atoms with Gasteiger partial charge in [-0.25, -0.2) is 10.0 Å². The third-order valence-corrected chi connectivity index (χ3v) is 7.40. The van der Waals surface area contributed by atoms with E-state index < -0.39 is 48.2 Å². The highest BCUT2D eigenvalue weighted by Crippen LogP contribution is 2.35. The van der Waals surface area contributed by atoms with Crippen LogP contribution >= 0.6 is 0 Å². The Morgan fingerprint density at radius 1 is 0.841 bits per heavy atom. The van der Waals surface area contributed by atoms with Crippen LogP contribution in [0.2, 0.25) is 0 Å². The van der Waals surface area contributed by atoms with Gasteiger partial charge in [0.25, 0.3) is 11.7 Å². The summed E-state index contributed by atoms with van der Waals surface area (Å²) in [7, 11) is 0. The minimum Gasteiger partial charge on any atom is -0.304 e. The largest absolute Gasteiger partial charge is 0.452 e. The Balaban J connectivity index is 1.86. The lowest BCUT2D eigenvalue weighted by molar-refractivity contribution is -0.187. The Morgan fingerprint density at radius 3 is 1.86 bits per heavy atom. The summed E-state index contributed by atoms with van der Waals surface area (Å²) in [5, 5.41) is 1.46. The first-order valence-corrected chi connectivity index (χ1v) is 14.3. The van der Waals surface area contributed by atoms with E-state index in [0.29, 0.717) is 22.6 Å². The van der Waals surface area contributed by atoms with Gasteiger partial charge in [0, 0.05) is 31.5 Å². The monoisotopic (exact) mass is 605 g/mol. The van der Waals surface area contributed by atoms with E-state index in [-0.39, 0.29) is 18.0 Å². The molecule has 3 aromatic carbocycles. The summed E-state index contributed by atoms with van der Waals surface area (Å²) >= 11 is 0. The molecule has 0 bridgehead atoms. The molecule has 1 aliphatic rings. The fourth-order valence-electron chi connectivity index (χ4n) is 5.33. The molecule has 0 saturated heterocycles. The van der Waals surface area contributed by atoms with E-state index in [0.717, 1.165) is 17.5 Å². The molecule has 1 aliphatic heterocycles. The molecule has 3 amide bonds. The van der Waals surface area contributed by atoms with E-state index in [1.54, 1.807) is 74.5 Å². The number of amides is 3. The standard InChI is InChI=1S/C34H34F3N3O4/c1-23(2)31-33(44)40(39(24(3)41)28(32(43)34(35,36)37)21-26-15-9-5-10-16-26)29(27-17-11-6-12-18-27)22-38(31)30(42)20-19-25-13-7-4-8-14-25/h4-18,22-23,28,31H,19-21H2,1-3H3. The zero-order valence-electron chi connectivity index (χ0n) is 24.7. The molecule has 230 valence electrons. The van der Waals surface area contributed by atoms with Crippen molar-refractivity contribution in [2.75, 3.05) is 0 Å². The van der Waals surface area contributed by atoms with Gasteiger partial charge in [-0.05, 0) is 23.5 Å². The number of carbonyl (C=O) groups excluding carboxylic acids is 4. The fourth-order valence-corrected chi connectivity index (χ4v) is 5.33. The third kappa shape index (κ3) is 7.24. The van der Waals surface area contributed by atoms with Gasteiger partial charge >= 0.3 is 6.18 Å². The molecule has 0 radical (unpaired) electrons. The number of hydrogen-bond acceptors (Lipinski definition) is 4. The first-order chi connectivity index (χ1) is 20.9. The molecule has 7 nitrogen and oxygen atoms in total. The van der Waals surface area contributed by atoms with Gasteiger partial charge in [0.15, 0.2) is 0 Å². The second-order valence-corrected chi connectivity index (χ2v) is 10.9. The van der Waals surface area contributed by atoms with Crippen molar-refractivity contribution in [1.29, 1.82) is 0 Å². The zero-order valence-corrected chi connectivity index (χ0v) is 24.7. The van der Waals surface area contributed by atoms with Crippen molar-refractivity contribution >= 4 is 29.2 Å². The number of ketones is 1. The second kappa shape index (κ2) is 13.7. The van der Waals surface area contributed by atoms with Gasteiger partial charge in [0.05, 0.1) is 5.70 Å². The minimum absolute atomic E-state index is 0.00352. The van der Waals surface area contributed by atoms with Crippen LogP contribution in [0.25, 0.3) is 5.70 Å². The summed E-state index contributed by atoms with van der Waals surface area (Å²) in [6.45, 7) is 4.43. The molecule has 3 aromatic rings. The van der Waals surface area contributed by atoms with Gasteiger partial charge in [-0.2, -0.15) is 13.2 Å². The Kier molecular flexibility index (Phi) is 10.0. The maximum Gasteiger partial charge on any atom is 0.452 e. The molecule has 0 N–H and O–H groups in total. The SMILES string of the molecule is CC(=O)N(C(Cc1ccccc1)C(=O)C(F)(F)F)N1C(=O)C(C(C)C)N(C(=O)CCc2ccccc2)C=C1c1ccccc1. The average Bonchev–Trinajstić information content (AvgIpc) is 3.00. The maximum atomic E-state index is 14.4. The van der Waals surface area contributed by atoms with Crippen LogP contribution in [0.15, 0.2) is 97.2 Å². The normalized spacial score (nSPS) is 16.0. The van der Waals surface area contributed by atoms with Crippen LogP contribution in [-0.2, 0) is 32.0 Å². The maximum absolute atomic E-state index is 14.4. The van der Waals surface area contributed by atoms with Crippen molar-refractivity contribution in [1.82, 2.24) is 14.9 Å². The molecule has 4 rings (SSSR count). The van der Waals surface area contributed by atoms with E-state index in [2.05, 4.69) is 0 Å². The van der Waals surface area contributed by atoms with Crippen molar-refractivity contribution in [3.63, 3.8) is 0 Å². The molecule has 44 heavy (non-hydrogen) atoms. The van der Waals surface area contributed by atoms with Gasteiger partial charge in [-0.15, -0.1) is 0 Å². The summed E-state index contributed by atoms with van der Waals surface area (Å²) in [4.78, 5) is 55.7. The van der Waals surface area contributed by atoms with Crippen molar-refractivity contribution in [3.8, 4) is 0 Å². The number of alkyl halides is 3. The van der Waals surface area contributed by atoms with Crippen LogP contribution in [0, 0.1) is 5.92 Å². The molecule has 0 fully saturated rings. The molecule has 0 aromatic heterocycles. The Morgan fingerprint density at radius 2 is 1.36 bits per heavy atom. The molecule has 1 heterocycles. The molecule has 0 spiro atoms. The predicted octanol–water partition coefficient (Wildman–Crippen LogP) is 5.82. The molecule has 10 heteroatoms. The number of hydrazine groups is 1. The third-order valence-electron chi connectivity index (χ3n) is 7.40. The quantitative estimate of drug-likeness (QED) is 0.292. The van der Waals surface area contributed by atoms with E-state index in [9.17, 15) is 32.3 Å². The second-order valence-electron chi connectivity index (χ2n) is 10.9. The van der Waals surface area contributed by atoms with Crippen LogP contribution in [0.5, 0.6) is 0 Å². The summed E-state index contributed by atoms with van der Waals surface area (Å²) in [6, 6.07) is 22.4. The topological polar surface area (TPSA) is 78.0 Å². The Hall–Kier alpha value is -4.73. The summed E-state index contributed by atoms with van der Waals surface area (Å²) in [5.74, 6) is -4.75. The average molecular weight is 606 g/mol. The smallest absolute Gasteiger partial charge is 0.304 e. The number of rotatable bonds is 10. The Bertz CT molecular complexity index is 1510. The van der Waals surface area contributed by atoms with Crippen LogP contribution in [0.3, 0.4) is 0 Å². The van der Waals surface area contributed by atoms with Gasteiger partial charge in [-0.3, -0.25) is 19.2 Å². The van der Waals surface area contributed by atoms with Crippen molar-refractivity contribution < 1.29 is 32.3 Å². The number of benzene rings is 3. The van der Waals surface area contributed by atoms with Gasteiger partial charge < -0.3 is 4.90 Å². The predicted molar refractivity (Wildman–Crippen MR) is 159 cm³/mol. The first kappa shape index (κ1) is 32.2. The molecule has 0 saturated carbocycles. The van der Waals surface area contributed by atoms with Crippen LogP contribution < -0.4 is 0 Å². The number of aryl methyl sites for hydroxylation is 1. The summed E-state index contributed by atoms with van der Waals surface area (Å²) in [5.41, 5.74) is 1.67. The van der Waals surface area contributed by atoms with Crippen molar-refractivity contribution in [2.45, 2.75) is 58.3 Å². The lowest BCUT2D eigenvalue weighted by atomic mass is 9.96. The van der Waals surface area contributed by atoms with E-state index in [1.165, 1.54) is 11.1 Å². The number of carbonyl (C=O) groups is 4. The van der Waals surface area contributed by atoms with Crippen molar-refractivity contribution in [2.24, 2.45) is 5.92 Å². The van der Waals surface area contributed by atoms with Gasteiger partial charge in [0.2, 0.25) is 11.8 Å². The van der Waals surface area contributed by atoms with E-state index >= 15 is 0 Å². The van der Waals surface area contributed by atoms with Crippen LogP contribution in [0.4, 0.5) is 13.2 Å². The van der Waals surface area contributed by atoms with Crippen LogP contribution in [0.1, 0.15) is 43.9 Å². The number of nitrogens with zero attached hydrogens (tertiary/aromatic N) is 3. The molecular weight excluding hydrogens is 571 g/mol.